The highest BCUT2D eigenvalue weighted by molar-refractivity contribution is 6.51. The van der Waals surface area contributed by atoms with Gasteiger partial charge in [0.05, 0.1) is 18.7 Å². The van der Waals surface area contributed by atoms with Crippen LogP contribution in [0, 0.1) is 6.92 Å². The van der Waals surface area contributed by atoms with Crippen LogP contribution >= 0.6 is 0 Å². The summed E-state index contributed by atoms with van der Waals surface area (Å²) in [7, 11) is 1.53. The van der Waals surface area contributed by atoms with Gasteiger partial charge in [-0.15, -0.1) is 0 Å². The van der Waals surface area contributed by atoms with E-state index < -0.39 is 17.7 Å². The van der Waals surface area contributed by atoms with Gasteiger partial charge in [0.25, 0.3) is 11.7 Å². The SMILES string of the molecule is COc1cccc(N2C(=O)C(=O)/C(=C(\O)c3ccc4c(c3)OCO4)C2c2cccc(C)c2)c1. The molecule has 7 heteroatoms. The molecule has 0 aliphatic carbocycles. The standard InChI is InChI=1S/C26H21NO6/c1-15-5-3-6-16(11-15)23-22(24(28)17-9-10-20-21(12-17)33-14-32-20)25(29)26(30)27(23)18-7-4-8-19(13-18)31-2/h3-13,23,28H,14H2,1-2H3/b24-22-. The van der Waals surface area contributed by atoms with E-state index in [-0.39, 0.29) is 18.1 Å². The maximum absolute atomic E-state index is 13.3. The summed E-state index contributed by atoms with van der Waals surface area (Å²) in [5, 5.41) is 11.3. The number of ether oxygens (including phenoxy) is 3. The van der Waals surface area contributed by atoms with Gasteiger partial charge >= 0.3 is 0 Å². The lowest BCUT2D eigenvalue weighted by atomic mass is 9.94. The van der Waals surface area contributed by atoms with Gasteiger partial charge in [-0.25, -0.2) is 0 Å². The molecule has 1 N–H and O–H groups in total. The molecular weight excluding hydrogens is 422 g/mol. The Bertz CT molecular complexity index is 1310. The Labute approximate surface area is 190 Å². The lowest BCUT2D eigenvalue weighted by Crippen LogP contribution is -2.29. The van der Waals surface area contributed by atoms with E-state index in [4.69, 9.17) is 14.2 Å². The first-order valence-corrected chi connectivity index (χ1v) is 10.4. The highest BCUT2D eigenvalue weighted by atomic mass is 16.7. The van der Waals surface area contributed by atoms with Crippen LogP contribution in [0.5, 0.6) is 17.2 Å². The Morgan fingerprint density at radius 2 is 1.79 bits per heavy atom. The molecule has 2 aliphatic heterocycles. The summed E-state index contributed by atoms with van der Waals surface area (Å²) in [5.74, 6) is -0.194. The number of benzene rings is 3. The quantitative estimate of drug-likeness (QED) is 0.366. The molecule has 33 heavy (non-hydrogen) atoms. The van der Waals surface area contributed by atoms with Crippen molar-refractivity contribution in [3.05, 3.63) is 89.0 Å². The molecule has 0 saturated carbocycles. The Balaban J connectivity index is 1.71. The number of carbonyl (C=O) groups excluding carboxylic acids is 2. The summed E-state index contributed by atoms with van der Waals surface area (Å²) >= 11 is 0. The number of rotatable bonds is 4. The van der Waals surface area contributed by atoms with Crippen molar-refractivity contribution in [3.8, 4) is 17.2 Å². The maximum atomic E-state index is 13.3. The van der Waals surface area contributed by atoms with Crippen molar-refractivity contribution < 1.29 is 28.9 Å². The van der Waals surface area contributed by atoms with Gasteiger partial charge in [-0.3, -0.25) is 14.5 Å². The van der Waals surface area contributed by atoms with Crippen LogP contribution in [0.3, 0.4) is 0 Å². The number of amides is 1. The maximum Gasteiger partial charge on any atom is 0.300 e. The molecule has 0 spiro atoms. The fraction of sp³-hybridized carbons (Fsp3) is 0.154. The Hall–Kier alpha value is -4.26. The molecule has 0 bridgehead atoms. The van der Waals surface area contributed by atoms with Gasteiger partial charge in [-0.05, 0) is 42.8 Å². The van der Waals surface area contributed by atoms with Gasteiger partial charge in [0.1, 0.15) is 11.5 Å². The van der Waals surface area contributed by atoms with Crippen molar-refractivity contribution in [1.82, 2.24) is 0 Å². The molecule has 1 amide bonds. The van der Waals surface area contributed by atoms with Crippen molar-refractivity contribution in [2.24, 2.45) is 0 Å². The molecule has 166 valence electrons. The molecule has 3 aromatic rings. The molecule has 1 fully saturated rings. The minimum Gasteiger partial charge on any atom is -0.507 e. The second-order valence-corrected chi connectivity index (χ2v) is 7.85. The highest BCUT2D eigenvalue weighted by Crippen LogP contribution is 2.44. The zero-order chi connectivity index (χ0) is 23.1. The number of Topliss-reactive ketones (excluding diaryl/α,β-unsaturated/α-hetero) is 1. The number of fused-ring (bicyclic) bond motifs is 1. The van der Waals surface area contributed by atoms with E-state index in [0.717, 1.165) is 5.56 Å². The molecule has 5 rings (SSSR count). The van der Waals surface area contributed by atoms with Gasteiger partial charge in [0, 0.05) is 17.3 Å². The summed E-state index contributed by atoms with van der Waals surface area (Å²) in [4.78, 5) is 27.9. The largest absolute Gasteiger partial charge is 0.507 e. The summed E-state index contributed by atoms with van der Waals surface area (Å²) in [6.45, 7) is 2.02. The molecule has 1 atom stereocenters. The van der Waals surface area contributed by atoms with Crippen molar-refractivity contribution in [3.63, 3.8) is 0 Å². The number of methoxy groups -OCH3 is 1. The number of carbonyl (C=O) groups is 2. The molecule has 7 nitrogen and oxygen atoms in total. The Morgan fingerprint density at radius 3 is 2.58 bits per heavy atom. The van der Waals surface area contributed by atoms with Crippen molar-refractivity contribution in [2.45, 2.75) is 13.0 Å². The summed E-state index contributed by atoms with van der Waals surface area (Å²) in [6.07, 6.45) is 0. The third kappa shape index (κ3) is 3.47. The predicted octanol–water partition coefficient (Wildman–Crippen LogP) is 4.36. The van der Waals surface area contributed by atoms with Crippen LogP contribution < -0.4 is 19.1 Å². The topological polar surface area (TPSA) is 85.3 Å². The second-order valence-electron chi connectivity index (χ2n) is 7.85. The molecule has 2 heterocycles. The number of nitrogens with zero attached hydrogens (tertiary/aromatic N) is 1. The molecular formula is C26H21NO6. The van der Waals surface area contributed by atoms with Gasteiger partial charge in [-0.1, -0.05) is 35.9 Å². The summed E-state index contributed by atoms with van der Waals surface area (Å²) in [5.41, 5.74) is 2.53. The summed E-state index contributed by atoms with van der Waals surface area (Å²) in [6, 6.07) is 18.5. The third-order valence-corrected chi connectivity index (χ3v) is 5.78. The fourth-order valence-electron chi connectivity index (χ4n) is 4.21. The van der Waals surface area contributed by atoms with E-state index >= 15 is 0 Å². The number of hydrogen-bond acceptors (Lipinski definition) is 6. The smallest absolute Gasteiger partial charge is 0.300 e. The Kier molecular flexibility index (Phi) is 5.01. The second kappa shape index (κ2) is 8.02. The monoisotopic (exact) mass is 443 g/mol. The van der Waals surface area contributed by atoms with Crippen molar-refractivity contribution in [2.75, 3.05) is 18.8 Å². The normalized spacial score (nSPS) is 18.6. The number of hydrogen-bond donors (Lipinski definition) is 1. The van der Waals surface area contributed by atoms with Gasteiger partial charge < -0.3 is 19.3 Å². The number of aliphatic hydroxyl groups is 1. The lowest BCUT2D eigenvalue weighted by Gasteiger charge is -2.26. The van der Waals surface area contributed by atoms with E-state index in [1.54, 1.807) is 42.5 Å². The van der Waals surface area contributed by atoms with E-state index in [0.29, 0.717) is 34.1 Å². The average molecular weight is 443 g/mol. The first kappa shape index (κ1) is 20.6. The fourth-order valence-corrected chi connectivity index (χ4v) is 4.21. The molecule has 1 saturated heterocycles. The number of aliphatic hydroxyl groups excluding tert-OH is 1. The van der Waals surface area contributed by atoms with E-state index in [9.17, 15) is 14.7 Å². The minimum atomic E-state index is -0.817. The molecule has 2 aliphatic rings. The Morgan fingerprint density at radius 1 is 1.00 bits per heavy atom. The van der Waals surface area contributed by atoms with E-state index in [1.807, 2.05) is 31.2 Å². The minimum absolute atomic E-state index is 0.00675. The first-order chi connectivity index (χ1) is 16.0. The van der Waals surface area contributed by atoms with Crippen LogP contribution in [-0.2, 0) is 9.59 Å². The molecule has 1 unspecified atom stereocenters. The van der Waals surface area contributed by atoms with Crippen LogP contribution in [0.1, 0.15) is 22.7 Å². The molecule has 0 aromatic heterocycles. The molecule has 3 aromatic carbocycles. The van der Waals surface area contributed by atoms with Crippen LogP contribution in [0.25, 0.3) is 5.76 Å². The van der Waals surface area contributed by atoms with E-state index in [1.165, 1.54) is 12.0 Å². The van der Waals surface area contributed by atoms with Crippen LogP contribution in [0.15, 0.2) is 72.3 Å². The highest BCUT2D eigenvalue weighted by Gasteiger charge is 2.47. The van der Waals surface area contributed by atoms with Crippen LogP contribution in [0.4, 0.5) is 5.69 Å². The van der Waals surface area contributed by atoms with E-state index in [2.05, 4.69) is 0 Å². The molecule has 0 radical (unpaired) electrons. The lowest BCUT2D eigenvalue weighted by molar-refractivity contribution is -0.132. The third-order valence-electron chi connectivity index (χ3n) is 5.78. The van der Waals surface area contributed by atoms with Gasteiger partial charge in [-0.2, -0.15) is 0 Å². The average Bonchev–Trinajstić information content (AvgIpc) is 3.40. The van der Waals surface area contributed by atoms with Crippen LogP contribution in [-0.4, -0.2) is 30.7 Å². The van der Waals surface area contributed by atoms with Gasteiger partial charge in [0.15, 0.2) is 11.5 Å². The zero-order valence-electron chi connectivity index (χ0n) is 18.1. The first-order valence-electron chi connectivity index (χ1n) is 10.4. The van der Waals surface area contributed by atoms with Crippen molar-refractivity contribution >= 4 is 23.1 Å². The van der Waals surface area contributed by atoms with Crippen LogP contribution in [0.2, 0.25) is 0 Å². The number of anilines is 1. The summed E-state index contributed by atoms with van der Waals surface area (Å²) < 4.78 is 16.1. The van der Waals surface area contributed by atoms with Gasteiger partial charge in [0.2, 0.25) is 6.79 Å². The number of aryl methyl sites for hydroxylation is 1. The zero-order valence-corrected chi connectivity index (χ0v) is 18.1. The number of ketones is 1. The van der Waals surface area contributed by atoms with Crippen molar-refractivity contribution in [1.29, 1.82) is 0 Å². The predicted molar refractivity (Wildman–Crippen MR) is 122 cm³/mol.